The lowest BCUT2D eigenvalue weighted by Gasteiger charge is -2.18. The summed E-state index contributed by atoms with van der Waals surface area (Å²) >= 11 is 0. The SMILES string of the molecule is [CH2]CC[CH]OC(C)(C)C. The minimum atomic E-state index is -0.0326. The second-order valence-electron chi connectivity index (χ2n) is 3.04. The molecule has 0 aliphatic heterocycles. The quantitative estimate of drug-likeness (QED) is 0.531. The molecule has 1 nitrogen and oxygen atoms in total. The Morgan fingerprint density at radius 3 is 2.33 bits per heavy atom. The first kappa shape index (κ1) is 8.96. The van der Waals surface area contributed by atoms with Crippen molar-refractivity contribution < 1.29 is 4.74 Å². The molecule has 1 heteroatoms. The van der Waals surface area contributed by atoms with Crippen molar-refractivity contribution in [1.29, 1.82) is 0 Å². The second kappa shape index (κ2) is 3.89. The standard InChI is InChI=1S/C8H16O/c1-5-6-7-9-8(2,3)4/h7H,1,5-6H2,2-4H3. The largest absolute Gasteiger partial charge is 0.370 e. The molecule has 0 saturated carbocycles. The molecule has 0 heterocycles. The van der Waals surface area contributed by atoms with Crippen LogP contribution < -0.4 is 0 Å². The van der Waals surface area contributed by atoms with E-state index in [-0.39, 0.29) is 5.60 Å². The van der Waals surface area contributed by atoms with Gasteiger partial charge in [0.2, 0.25) is 0 Å². The van der Waals surface area contributed by atoms with Crippen LogP contribution in [0, 0.1) is 13.5 Å². The fourth-order valence-corrected chi connectivity index (χ4v) is 0.392. The Kier molecular flexibility index (Phi) is 3.87. The highest BCUT2D eigenvalue weighted by molar-refractivity contribution is 4.63. The monoisotopic (exact) mass is 128 g/mol. The van der Waals surface area contributed by atoms with E-state index in [9.17, 15) is 0 Å². The molecule has 0 unspecified atom stereocenters. The average Bonchev–Trinajstić information content (AvgIpc) is 1.63. The fourth-order valence-electron chi connectivity index (χ4n) is 0.392. The lowest BCUT2D eigenvalue weighted by molar-refractivity contribution is 0.0391. The molecule has 0 aromatic rings. The van der Waals surface area contributed by atoms with Crippen LogP contribution in [-0.4, -0.2) is 5.60 Å². The molecular weight excluding hydrogens is 112 g/mol. The summed E-state index contributed by atoms with van der Waals surface area (Å²) in [5.41, 5.74) is -0.0326. The Morgan fingerprint density at radius 1 is 1.44 bits per heavy atom. The highest BCUT2D eigenvalue weighted by Gasteiger charge is 2.08. The molecular formula is C8H16O. The van der Waals surface area contributed by atoms with Gasteiger partial charge in [-0.3, -0.25) is 0 Å². The molecule has 9 heavy (non-hydrogen) atoms. The van der Waals surface area contributed by atoms with Crippen LogP contribution in [0.3, 0.4) is 0 Å². The van der Waals surface area contributed by atoms with Crippen LogP contribution in [0.25, 0.3) is 0 Å². The van der Waals surface area contributed by atoms with Crippen molar-refractivity contribution in [3.05, 3.63) is 13.5 Å². The number of unbranched alkanes of at least 4 members (excludes halogenated alkanes) is 1. The fraction of sp³-hybridized carbons (Fsp3) is 0.750. The zero-order chi connectivity index (χ0) is 7.33. The summed E-state index contributed by atoms with van der Waals surface area (Å²) in [7, 11) is 0. The molecule has 0 aromatic heterocycles. The minimum Gasteiger partial charge on any atom is -0.370 e. The van der Waals surface area contributed by atoms with Gasteiger partial charge in [0.05, 0.1) is 12.2 Å². The van der Waals surface area contributed by atoms with Gasteiger partial charge in [-0.25, -0.2) is 0 Å². The van der Waals surface area contributed by atoms with Crippen LogP contribution in [0.15, 0.2) is 0 Å². The molecule has 0 aliphatic carbocycles. The van der Waals surface area contributed by atoms with Gasteiger partial charge in [0.25, 0.3) is 0 Å². The van der Waals surface area contributed by atoms with Crippen LogP contribution in [0.1, 0.15) is 33.6 Å². The second-order valence-corrected chi connectivity index (χ2v) is 3.04. The van der Waals surface area contributed by atoms with E-state index in [1.54, 1.807) is 0 Å². The van der Waals surface area contributed by atoms with Crippen LogP contribution in [0.2, 0.25) is 0 Å². The van der Waals surface area contributed by atoms with Crippen LogP contribution in [0.4, 0.5) is 0 Å². The highest BCUT2D eigenvalue weighted by Crippen LogP contribution is 2.09. The Labute approximate surface area is 58.4 Å². The molecule has 0 aromatic carbocycles. The number of hydrogen-bond acceptors (Lipinski definition) is 1. The highest BCUT2D eigenvalue weighted by atomic mass is 16.5. The van der Waals surface area contributed by atoms with Gasteiger partial charge >= 0.3 is 0 Å². The maximum atomic E-state index is 5.30. The predicted molar refractivity (Wildman–Crippen MR) is 39.7 cm³/mol. The first-order valence-corrected chi connectivity index (χ1v) is 3.35. The first-order chi connectivity index (χ1) is 4.06. The normalized spacial score (nSPS) is 12.0. The lowest BCUT2D eigenvalue weighted by atomic mass is 10.2. The van der Waals surface area contributed by atoms with Crippen molar-refractivity contribution in [3.63, 3.8) is 0 Å². The molecule has 0 fully saturated rings. The average molecular weight is 128 g/mol. The molecule has 0 rings (SSSR count). The summed E-state index contributed by atoms with van der Waals surface area (Å²) in [5, 5.41) is 0. The van der Waals surface area contributed by atoms with Crippen molar-refractivity contribution in [2.45, 2.75) is 39.2 Å². The van der Waals surface area contributed by atoms with Gasteiger partial charge in [-0.1, -0.05) is 13.3 Å². The summed E-state index contributed by atoms with van der Waals surface area (Å²) in [6.45, 7) is 11.6. The van der Waals surface area contributed by atoms with Gasteiger partial charge in [-0.15, -0.1) is 0 Å². The predicted octanol–water partition coefficient (Wildman–Crippen LogP) is 2.58. The van der Waals surface area contributed by atoms with Gasteiger partial charge in [0.15, 0.2) is 0 Å². The van der Waals surface area contributed by atoms with E-state index in [4.69, 9.17) is 4.74 Å². The maximum Gasteiger partial charge on any atom is 0.0844 e. The number of ether oxygens (including phenoxy) is 1. The molecule has 0 saturated heterocycles. The Morgan fingerprint density at radius 2 is 2.00 bits per heavy atom. The molecule has 0 atom stereocenters. The van der Waals surface area contributed by atoms with E-state index in [0.717, 1.165) is 12.8 Å². The van der Waals surface area contributed by atoms with E-state index in [2.05, 4.69) is 6.92 Å². The maximum absolute atomic E-state index is 5.30. The summed E-state index contributed by atoms with van der Waals surface area (Å²) in [4.78, 5) is 0. The molecule has 0 amide bonds. The Hall–Kier alpha value is -0.0400. The van der Waals surface area contributed by atoms with Gasteiger partial charge < -0.3 is 4.74 Å². The van der Waals surface area contributed by atoms with Crippen molar-refractivity contribution in [2.75, 3.05) is 0 Å². The van der Waals surface area contributed by atoms with Gasteiger partial charge in [-0.2, -0.15) is 0 Å². The van der Waals surface area contributed by atoms with Gasteiger partial charge in [0, 0.05) is 0 Å². The van der Waals surface area contributed by atoms with Gasteiger partial charge in [0.1, 0.15) is 0 Å². The summed E-state index contributed by atoms with van der Waals surface area (Å²) in [5.74, 6) is 0. The van der Waals surface area contributed by atoms with E-state index >= 15 is 0 Å². The molecule has 0 spiro atoms. The molecule has 0 N–H and O–H groups in total. The molecule has 0 bridgehead atoms. The Balaban J connectivity index is 3.07. The van der Waals surface area contributed by atoms with E-state index < -0.39 is 0 Å². The minimum absolute atomic E-state index is 0.0326. The van der Waals surface area contributed by atoms with E-state index in [1.165, 1.54) is 0 Å². The summed E-state index contributed by atoms with van der Waals surface area (Å²) in [6, 6.07) is 0. The van der Waals surface area contributed by atoms with Crippen molar-refractivity contribution >= 4 is 0 Å². The van der Waals surface area contributed by atoms with Gasteiger partial charge in [-0.05, 0) is 27.2 Å². The molecule has 0 aliphatic rings. The smallest absolute Gasteiger partial charge is 0.0844 e. The lowest BCUT2D eigenvalue weighted by Crippen LogP contribution is -2.17. The van der Waals surface area contributed by atoms with Crippen molar-refractivity contribution in [1.82, 2.24) is 0 Å². The zero-order valence-electron chi connectivity index (χ0n) is 6.61. The third-order valence-corrected chi connectivity index (χ3v) is 0.759. The van der Waals surface area contributed by atoms with Crippen molar-refractivity contribution in [2.24, 2.45) is 0 Å². The topological polar surface area (TPSA) is 9.23 Å². The Bertz CT molecular complexity index is 61.5. The zero-order valence-corrected chi connectivity index (χ0v) is 6.61. The first-order valence-electron chi connectivity index (χ1n) is 3.35. The van der Waals surface area contributed by atoms with Crippen LogP contribution >= 0.6 is 0 Å². The van der Waals surface area contributed by atoms with E-state index in [0.29, 0.717) is 0 Å². The van der Waals surface area contributed by atoms with E-state index in [1.807, 2.05) is 27.4 Å². The van der Waals surface area contributed by atoms with Crippen LogP contribution in [0.5, 0.6) is 0 Å². The third kappa shape index (κ3) is 7.96. The van der Waals surface area contributed by atoms with Crippen LogP contribution in [-0.2, 0) is 4.74 Å². The number of hydrogen-bond donors (Lipinski definition) is 0. The summed E-state index contributed by atoms with van der Waals surface area (Å²) in [6.07, 6.45) is 1.85. The third-order valence-electron chi connectivity index (χ3n) is 0.759. The molecule has 54 valence electrons. The number of rotatable bonds is 3. The summed E-state index contributed by atoms with van der Waals surface area (Å²) < 4.78 is 5.30. The molecule has 2 radical (unpaired) electrons. The van der Waals surface area contributed by atoms with Crippen molar-refractivity contribution in [3.8, 4) is 0 Å².